The maximum absolute atomic E-state index is 11.4. The molecule has 0 radical (unpaired) electrons. The number of benzene rings is 1. The van der Waals surface area contributed by atoms with Gasteiger partial charge in [0.25, 0.3) is 0 Å². The third kappa shape index (κ3) is 3.33. The summed E-state index contributed by atoms with van der Waals surface area (Å²) >= 11 is 3.43. The van der Waals surface area contributed by atoms with E-state index in [1.165, 1.54) is 5.57 Å². The highest BCUT2D eigenvalue weighted by Crippen LogP contribution is 2.27. The average Bonchev–Trinajstić information content (AvgIpc) is 2.38. The van der Waals surface area contributed by atoms with Gasteiger partial charge in [0.2, 0.25) is 5.91 Å². The number of carbonyl (C=O) groups excluding carboxylic acids is 1. The van der Waals surface area contributed by atoms with Crippen LogP contribution < -0.4 is 5.32 Å². The molecule has 1 aliphatic rings. The molecule has 0 saturated heterocycles. The molecule has 0 fully saturated rings. The van der Waals surface area contributed by atoms with Crippen LogP contribution in [0.3, 0.4) is 0 Å². The lowest BCUT2D eigenvalue weighted by Crippen LogP contribution is -2.27. The van der Waals surface area contributed by atoms with Crippen LogP contribution in [0.25, 0.3) is 0 Å². The Hall–Kier alpha value is -1.35. The molecule has 2 rings (SSSR count). The molecule has 94 valence electrons. The van der Waals surface area contributed by atoms with Gasteiger partial charge in [0, 0.05) is 11.4 Å². The first kappa shape index (κ1) is 13.1. The van der Waals surface area contributed by atoms with Crippen LogP contribution in [0, 0.1) is 0 Å². The molecule has 1 atom stereocenters. The second-order valence-corrected chi connectivity index (χ2v) is 5.28. The largest absolute Gasteiger partial charge is 0.345 e. The van der Waals surface area contributed by atoms with Crippen molar-refractivity contribution in [2.75, 3.05) is 0 Å². The van der Waals surface area contributed by atoms with Gasteiger partial charge in [-0.15, -0.1) is 0 Å². The van der Waals surface area contributed by atoms with E-state index in [1.54, 1.807) is 6.92 Å². The maximum Gasteiger partial charge on any atom is 0.217 e. The third-order valence-corrected chi connectivity index (χ3v) is 3.44. The van der Waals surface area contributed by atoms with Crippen LogP contribution in [-0.2, 0) is 4.79 Å². The van der Waals surface area contributed by atoms with Gasteiger partial charge in [0.1, 0.15) is 0 Å². The molecule has 0 heterocycles. The zero-order valence-electron chi connectivity index (χ0n) is 10.3. The molecular formula is C15H16BrNO. The van der Waals surface area contributed by atoms with E-state index in [0.29, 0.717) is 0 Å². The number of allylic oxidation sites excluding steroid dienone is 2. The van der Waals surface area contributed by atoms with Crippen molar-refractivity contribution in [1.29, 1.82) is 0 Å². The molecule has 0 bridgehead atoms. The predicted octanol–water partition coefficient (Wildman–Crippen LogP) is 3.90. The van der Waals surface area contributed by atoms with Gasteiger partial charge in [0.15, 0.2) is 0 Å². The second kappa shape index (κ2) is 6.01. The Morgan fingerprint density at radius 2 is 2.00 bits per heavy atom. The highest BCUT2D eigenvalue weighted by molar-refractivity contribution is 9.10. The van der Waals surface area contributed by atoms with Crippen molar-refractivity contribution in [3.8, 4) is 0 Å². The van der Waals surface area contributed by atoms with Gasteiger partial charge in [-0.2, -0.15) is 0 Å². The summed E-state index contributed by atoms with van der Waals surface area (Å²) in [6.07, 6.45) is 8.58. The zero-order chi connectivity index (χ0) is 13.0. The molecule has 3 heteroatoms. The van der Waals surface area contributed by atoms with Crippen LogP contribution >= 0.6 is 15.9 Å². The van der Waals surface area contributed by atoms with Gasteiger partial charge in [-0.25, -0.2) is 0 Å². The fourth-order valence-electron chi connectivity index (χ4n) is 2.07. The Bertz CT molecular complexity index is 488. The van der Waals surface area contributed by atoms with E-state index in [9.17, 15) is 4.79 Å². The first-order valence-corrected chi connectivity index (χ1v) is 6.85. The van der Waals surface area contributed by atoms with E-state index in [1.807, 2.05) is 24.3 Å². The van der Waals surface area contributed by atoms with Gasteiger partial charge >= 0.3 is 0 Å². The summed E-state index contributed by atoms with van der Waals surface area (Å²) in [6.45, 7) is 1.55. The Balaban J connectivity index is 2.29. The zero-order valence-corrected chi connectivity index (χ0v) is 11.9. The molecule has 0 aromatic heterocycles. The summed E-state index contributed by atoms with van der Waals surface area (Å²) < 4.78 is 1.04. The number of hydrogen-bond acceptors (Lipinski definition) is 1. The highest BCUT2D eigenvalue weighted by Gasteiger charge is 2.16. The fourth-order valence-corrected chi connectivity index (χ4v) is 2.33. The predicted molar refractivity (Wildman–Crippen MR) is 77.2 cm³/mol. The lowest BCUT2D eigenvalue weighted by molar-refractivity contribution is -0.119. The Morgan fingerprint density at radius 1 is 1.28 bits per heavy atom. The quantitative estimate of drug-likeness (QED) is 0.901. The SMILES string of the molecule is CC(=O)N[C@H](C1=CCCC=C1)c1ccc(Br)cc1. The Labute approximate surface area is 116 Å². The lowest BCUT2D eigenvalue weighted by atomic mass is 9.94. The van der Waals surface area contributed by atoms with Crippen LogP contribution in [0.2, 0.25) is 0 Å². The minimum Gasteiger partial charge on any atom is -0.345 e. The van der Waals surface area contributed by atoms with Crippen molar-refractivity contribution in [1.82, 2.24) is 5.32 Å². The summed E-state index contributed by atoms with van der Waals surface area (Å²) in [4.78, 5) is 11.4. The first-order valence-electron chi connectivity index (χ1n) is 6.06. The third-order valence-electron chi connectivity index (χ3n) is 2.91. The smallest absolute Gasteiger partial charge is 0.217 e. The topological polar surface area (TPSA) is 29.1 Å². The van der Waals surface area contributed by atoms with Crippen molar-refractivity contribution in [3.63, 3.8) is 0 Å². The van der Waals surface area contributed by atoms with Crippen LogP contribution in [0.15, 0.2) is 52.5 Å². The first-order chi connectivity index (χ1) is 8.66. The van der Waals surface area contributed by atoms with E-state index in [4.69, 9.17) is 0 Å². The normalized spacial score (nSPS) is 16.0. The van der Waals surface area contributed by atoms with Crippen LogP contribution in [-0.4, -0.2) is 5.91 Å². The Kier molecular flexibility index (Phi) is 4.37. The van der Waals surface area contributed by atoms with Crippen molar-refractivity contribution >= 4 is 21.8 Å². The molecule has 2 nitrogen and oxygen atoms in total. The van der Waals surface area contributed by atoms with Gasteiger partial charge in [-0.3, -0.25) is 4.79 Å². The summed E-state index contributed by atoms with van der Waals surface area (Å²) in [5, 5.41) is 3.01. The van der Waals surface area contributed by atoms with Crippen molar-refractivity contribution in [3.05, 3.63) is 58.1 Å². The number of rotatable bonds is 3. The minimum atomic E-state index is -0.0489. The van der Waals surface area contributed by atoms with E-state index < -0.39 is 0 Å². The van der Waals surface area contributed by atoms with Gasteiger partial charge in [-0.05, 0) is 36.1 Å². The number of nitrogens with one attached hydrogen (secondary N) is 1. The molecule has 1 aliphatic carbocycles. The number of hydrogen-bond donors (Lipinski definition) is 1. The van der Waals surface area contributed by atoms with Crippen LogP contribution in [0.1, 0.15) is 31.4 Å². The van der Waals surface area contributed by atoms with Crippen molar-refractivity contribution in [2.24, 2.45) is 0 Å². The van der Waals surface area contributed by atoms with Crippen molar-refractivity contribution < 1.29 is 4.79 Å². The molecule has 0 aliphatic heterocycles. The molecule has 0 unspecified atom stereocenters. The number of carbonyl (C=O) groups is 1. The van der Waals surface area contributed by atoms with Gasteiger partial charge in [0.05, 0.1) is 6.04 Å². The monoisotopic (exact) mass is 305 g/mol. The molecule has 1 N–H and O–H groups in total. The fraction of sp³-hybridized carbons (Fsp3) is 0.267. The van der Waals surface area contributed by atoms with Crippen LogP contribution in [0.4, 0.5) is 0 Å². The summed E-state index contributed by atoms with van der Waals surface area (Å²) in [6, 6.07) is 8.02. The maximum atomic E-state index is 11.4. The summed E-state index contributed by atoms with van der Waals surface area (Å²) in [5.41, 5.74) is 2.27. The molecule has 1 aromatic carbocycles. The summed E-state index contributed by atoms with van der Waals surface area (Å²) in [5.74, 6) is -0.0113. The number of halogens is 1. The molecule has 0 saturated carbocycles. The second-order valence-electron chi connectivity index (χ2n) is 4.37. The van der Waals surface area contributed by atoms with E-state index in [-0.39, 0.29) is 11.9 Å². The van der Waals surface area contributed by atoms with Gasteiger partial charge in [-0.1, -0.05) is 46.3 Å². The van der Waals surface area contributed by atoms with E-state index in [2.05, 4.69) is 39.5 Å². The summed E-state index contributed by atoms with van der Waals surface area (Å²) in [7, 11) is 0. The van der Waals surface area contributed by atoms with Crippen LogP contribution in [0.5, 0.6) is 0 Å². The Morgan fingerprint density at radius 3 is 2.56 bits per heavy atom. The molecule has 0 spiro atoms. The average molecular weight is 306 g/mol. The molecule has 18 heavy (non-hydrogen) atoms. The minimum absolute atomic E-state index is 0.0113. The highest BCUT2D eigenvalue weighted by atomic mass is 79.9. The molecular weight excluding hydrogens is 290 g/mol. The molecule has 1 aromatic rings. The van der Waals surface area contributed by atoms with Gasteiger partial charge < -0.3 is 5.32 Å². The lowest BCUT2D eigenvalue weighted by Gasteiger charge is -2.21. The van der Waals surface area contributed by atoms with E-state index >= 15 is 0 Å². The standard InChI is InChI=1S/C15H16BrNO/c1-11(18)17-15(12-5-3-2-4-6-12)13-7-9-14(16)10-8-13/h3,5-10,15H,2,4H2,1H3,(H,17,18)/t15-/m1/s1. The molecule has 1 amide bonds. The number of amides is 1. The van der Waals surface area contributed by atoms with E-state index in [0.717, 1.165) is 22.9 Å². The van der Waals surface area contributed by atoms with Crippen molar-refractivity contribution in [2.45, 2.75) is 25.8 Å².